The zero-order chi connectivity index (χ0) is 18.6. The number of hydrogen-bond acceptors (Lipinski definition) is 4. The minimum atomic E-state index is -0.298. The second-order valence-corrected chi connectivity index (χ2v) is 5.85. The van der Waals surface area contributed by atoms with Crippen molar-refractivity contribution in [3.8, 4) is 0 Å². The number of hydrogen-bond donors (Lipinski definition) is 1. The van der Waals surface area contributed by atoms with Crippen LogP contribution in [0.5, 0.6) is 0 Å². The third kappa shape index (κ3) is 4.17. The van der Waals surface area contributed by atoms with Gasteiger partial charge in [-0.2, -0.15) is 0 Å². The van der Waals surface area contributed by atoms with E-state index in [1.54, 1.807) is 25.8 Å². The average molecular weight is 344 g/mol. The molecule has 0 aliphatic rings. The molecule has 7 nitrogen and oxygen atoms in total. The first-order valence-corrected chi connectivity index (χ1v) is 8.16. The Bertz CT molecular complexity index is 750. The van der Waals surface area contributed by atoms with Gasteiger partial charge >= 0.3 is 6.03 Å². The van der Waals surface area contributed by atoms with Crippen LogP contribution in [-0.2, 0) is 11.3 Å². The van der Waals surface area contributed by atoms with Crippen molar-refractivity contribution in [1.82, 2.24) is 10.1 Å². The minimum Gasteiger partial charge on any atom is -0.359 e. The van der Waals surface area contributed by atoms with Crippen LogP contribution in [0.2, 0.25) is 0 Å². The van der Waals surface area contributed by atoms with E-state index < -0.39 is 0 Å². The molecule has 1 aromatic carbocycles. The van der Waals surface area contributed by atoms with Crippen molar-refractivity contribution in [3.63, 3.8) is 0 Å². The lowest BCUT2D eigenvalue weighted by molar-refractivity contribution is -0.129. The Morgan fingerprint density at radius 2 is 1.92 bits per heavy atom. The molecular weight excluding hydrogens is 320 g/mol. The molecule has 134 valence electrons. The van der Waals surface area contributed by atoms with E-state index in [1.165, 1.54) is 11.8 Å². The number of nitrogens with zero attached hydrogens (tertiary/aromatic N) is 3. The Hall–Kier alpha value is -2.83. The van der Waals surface area contributed by atoms with E-state index in [2.05, 4.69) is 10.5 Å². The number of carbonyl (C=O) groups excluding carboxylic acids is 2. The summed E-state index contributed by atoms with van der Waals surface area (Å²) in [4.78, 5) is 27.5. The largest absolute Gasteiger partial charge is 0.359 e. The lowest BCUT2D eigenvalue weighted by Crippen LogP contribution is -2.33. The summed E-state index contributed by atoms with van der Waals surface area (Å²) < 4.78 is 5.12. The van der Waals surface area contributed by atoms with E-state index in [0.717, 1.165) is 5.56 Å². The number of anilines is 2. The van der Waals surface area contributed by atoms with E-state index in [-0.39, 0.29) is 11.9 Å². The normalized spacial score (nSPS) is 10.4. The summed E-state index contributed by atoms with van der Waals surface area (Å²) in [6.07, 6.45) is 0. The van der Waals surface area contributed by atoms with Crippen LogP contribution in [0, 0.1) is 13.8 Å². The SMILES string of the molecule is CCN(Cc1ccccc1NC(=O)N(C)c1c(C)noc1C)C(C)=O. The number of nitrogens with one attached hydrogen (secondary N) is 1. The predicted octanol–water partition coefficient (Wildman–Crippen LogP) is 3.33. The first-order valence-electron chi connectivity index (χ1n) is 8.16. The number of aryl methyl sites for hydroxylation is 2. The smallest absolute Gasteiger partial charge is 0.326 e. The molecule has 0 fully saturated rings. The summed E-state index contributed by atoms with van der Waals surface area (Å²) in [5.41, 5.74) is 2.84. The van der Waals surface area contributed by atoms with Gasteiger partial charge in [0.1, 0.15) is 11.4 Å². The lowest BCUT2D eigenvalue weighted by atomic mass is 10.1. The quantitative estimate of drug-likeness (QED) is 0.902. The molecule has 0 unspecified atom stereocenters. The van der Waals surface area contributed by atoms with Gasteiger partial charge in [-0.25, -0.2) is 4.79 Å². The maximum atomic E-state index is 12.6. The molecule has 2 aromatic rings. The standard InChI is InChI=1S/C18H24N4O3/c1-6-22(14(4)23)11-15-9-7-8-10-16(15)19-18(24)21(5)17-12(2)20-25-13(17)3/h7-10H,6,11H2,1-5H3,(H,19,24). The van der Waals surface area contributed by atoms with E-state index in [4.69, 9.17) is 4.52 Å². The molecule has 3 amide bonds. The highest BCUT2D eigenvalue weighted by Gasteiger charge is 2.20. The van der Waals surface area contributed by atoms with Crippen molar-refractivity contribution in [2.24, 2.45) is 0 Å². The molecule has 0 saturated carbocycles. The molecule has 25 heavy (non-hydrogen) atoms. The number of amides is 3. The van der Waals surface area contributed by atoms with Crippen LogP contribution < -0.4 is 10.2 Å². The number of aromatic nitrogens is 1. The van der Waals surface area contributed by atoms with Crippen LogP contribution in [0.25, 0.3) is 0 Å². The third-order valence-electron chi connectivity index (χ3n) is 4.08. The summed E-state index contributed by atoms with van der Waals surface area (Å²) in [6, 6.07) is 7.16. The topological polar surface area (TPSA) is 78.7 Å². The van der Waals surface area contributed by atoms with Gasteiger partial charge in [-0.1, -0.05) is 23.4 Å². The summed E-state index contributed by atoms with van der Waals surface area (Å²) in [5, 5.41) is 6.77. The maximum Gasteiger partial charge on any atom is 0.326 e. The number of urea groups is 1. The van der Waals surface area contributed by atoms with Gasteiger partial charge in [0.2, 0.25) is 5.91 Å². The van der Waals surface area contributed by atoms with Crippen LogP contribution in [0.15, 0.2) is 28.8 Å². The number of rotatable bonds is 5. The molecule has 0 aliphatic heterocycles. The van der Waals surface area contributed by atoms with Gasteiger partial charge in [0.15, 0.2) is 5.76 Å². The fourth-order valence-electron chi connectivity index (χ4n) is 2.69. The summed E-state index contributed by atoms with van der Waals surface area (Å²) >= 11 is 0. The first-order chi connectivity index (χ1) is 11.8. The van der Waals surface area contributed by atoms with Crippen LogP contribution in [0.4, 0.5) is 16.2 Å². The van der Waals surface area contributed by atoms with Crippen LogP contribution in [0.1, 0.15) is 30.9 Å². The molecule has 0 bridgehead atoms. The predicted molar refractivity (Wildman–Crippen MR) is 96.6 cm³/mol. The molecule has 7 heteroatoms. The van der Waals surface area contributed by atoms with Crippen molar-refractivity contribution < 1.29 is 14.1 Å². The Morgan fingerprint density at radius 1 is 1.24 bits per heavy atom. The van der Waals surface area contributed by atoms with Gasteiger partial charge in [-0.3, -0.25) is 9.69 Å². The Labute approximate surface area is 147 Å². The van der Waals surface area contributed by atoms with E-state index in [9.17, 15) is 9.59 Å². The fraction of sp³-hybridized carbons (Fsp3) is 0.389. The Kier molecular flexibility index (Phi) is 5.80. The summed E-state index contributed by atoms with van der Waals surface area (Å²) in [5.74, 6) is 0.577. The number of benzene rings is 1. The molecule has 0 saturated heterocycles. The average Bonchev–Trinajstić information content (AvgIpc) is 2.91. The van der Waals surface area contributed by atoms with Gasteiger partial charge in [-0.05, 0) is 32.4 Å². The van der Waals surface area contributed by atoms with E-state index in [1.807, 2.05) is 31.2 Å². The molecule has 0 radical (unpaired) electrons. The molecular formula is C18H24N4O3. The molecule has 1 aromatic heterocycles. The molecule has 1 heterocycles. The number of carbonyl (C=O) groups is 2. The maximum absolute atomic E-state index is 12.6. The monoisotopic (exact) mass is 344 g/mol. The second-order valence-electron chi connectivity index (χ2n) is 5.85. The highest BCUT2D eigenvalue weighted by Crippen LogP contribution is 2.24. The van der Waals surface area contributed by atoms with Gasteiger partial charge in [0.25, 0.3) is 0 Å². The van der Waals surface area contributed by atoms with Gasteiger partial charge in [-0.15, -0.1) is 0 Å². The lowest BCUT2D eigenvalue weighted by Gasteiger charge is -2.22. The zero-order valence-corrected chi connectivity index (χ0v) is 15.3. The molecule has 2 rings (SSSR count). The number of para-hydroxylation sites is 1. The third-order valence-corrected chi connectivity index (χ3v) is 4.08. The van der Waals surface area contributed by atoms with Gasteiger partial charge in [0, 0.05) is 32.7 Å². The highest BCUT2D eigenvalue weighted by atomic mass is 16.5. The minimum absolute atomic E-state index is 0.00327. The Balaban J connectivity index is 2.20. The molecule has 0 atom stereocenters. The Morgan fingerprint density at radius 3 is 2.48 bits per heavy atom. The van der Waals surface area contributed by atoms with Crippen molar-refractivity contribution in [2.45, 2.75) is 34.2 Å². The molecule has 1 N–H and O–H groups in total. The highest BCUT2D eigenvalue weighted by molar-refractivity contribution is 6.02. The van der Waals surface area contributed by atoms with Gasteiger partial charge < -0.3 is 14.7 Å². The van der Waals surface area contributed by atoms with Crippen molar-refractivity contribution in [1.29, 1.82) is 0 Å². The van der Waals surface area contributed by atoms with E-state index >= 15 is 0 Å². The van der Waals surface area contributed by atoms with Gasteiger partial charge in [0.05, 0.1) is 0 Å². The summed E-state index contributed by atoms with van der Waals surface area (Å²) in [7, 11) is 1.67. The van der Waals surface area contributed by atoms with Crippen molar-refractivity contribution in [2.75, 3.05) is 23.8 Å². The van der Waals surface area contributed by atoms with Crippen LogP contribution in [0.3, 0.4) is 0 Å². The zero-order valence-electron chi connectivity index (χ0n) is 15.3. The van der Waals surface area contributed by atoms with Crippen molar-refractivity contribution >= 4 is 23.3 Å². The molecule has 0 spiro atoms. The first kappa shape index (κ1) is 18.5. The second kappa shape index (κ2) is 7.83. The van der Waals surface area contributed by atoms with Crippen LogP contribution >= 0.6 is 0 Å². The summed E-state index contributed by atoms with van der Waals surface area (Å²) in [6.45, 7) is 8.06. The van der Waals surface area contributed by atoms with E-state index in [0.29, 0.717) is 35.9 Å². The fourth-order valence-corrected chi connectivity index (χ4v) is 2.69. The van der Waals surface area contributed by atoms with Crippen molar-refractivity contribution in [3.05, 3.63) is 41.3 Å². The molecule has 0 aliphatic carbocycles. The van der Waals surface area contributed by atoms with Crippen LogP contribution in [-0.4, -0.2) is 35.6 Å².